The van der Waals surface area contributed by atoms with Crippen molar-refractivity contribution in [1.29, 1.82) is 0 Å². The molecular formula is C26H27N3O2S. The number of carbonyl (C=O) groups excluding carboxylic acids is 2. The summed E-state index contributed by atoms with van der Waals surface area (Å²) < 4.78 is 0. The van der Waals surface area contributed by atoms with Crippen LogP contribution < -0.4 is 10.6 Å². The van der Waals surface area contributed by atoms with E-state index >= 15 is 0 Å². The highest BCUT2D eigenvalue weighted by molar-refractivity contribution is 7.80. The second kappa shape index (κ2) is 11.2. The molecule has 0 heterocycles. The van der Waals surface area contributed by atoms with E-state index in [1.54, 1.807) is 23.1 Å². The van der Waals surface area contributed by atoms with Gasteiger partial charge in [-0.25, -0.2) is 0 Å². The van der Waals surface area contributed by atoms with Gasteiger partial charge < -0.3 is 15.5 Å². The molecule has 0 aliphatic rings. The summed E-state index contributed by atoms with van der Waals surface area (Å²) in [5.74, 6) is -0.759. The van der Waals surface area contributed by atoms with Crippen molar-refractivity contribution in [3.05, 3.63) is 102 Å². The molecule has 0 fully saturated rings. The van der Waals surface area contributed by atoms with E-state index in [1.165, 1.54) is 0 Å². The van der Waals surface area contributed by atoms with Crippen LogP contribution in [0.5, 0.6) is 0 Å². The Morgan fingerprint density at radius 3 is 1.94 bits per heavy atom. The van der Waals surface area contributed by atoms with Crippen LogP contribution in [0, 0.1) is 0 Å². The number of carbonyl (C=O) groups is 2. The minimum Gasteiger partial charge on any atom is -0.339 e. The third-order valence-corrected chi connectivity index (χ3v) is 5.39. The third-order valence-electron chi connectivity index (χ3n) is 5.18. The van der Waals surface area contributed by atoms with Gasteiger partial charge in [-0.15, -0.1) is 0 Å². The number of rotatable bonds is 7. The topological polar surface area (TPSA) is 61.4 Å². The second-order valence-corrected chi connectivity index (χ2v) is 7.66. The van der Waals surface area contributed by atoms with Crippen LogP contribution in [0.15, 0.2) is 84.9 Å². The van der Waals surface area contributed by atoms with E-state index in [-0.39, 0.29) is 16.9 Å². The lowest BCUT2D eigenvalue weighted by Crippen LogP contribution is -2.38. The van der Waals surface area contributed by atoms with Crippen LogP contribution in [0.2, 0.25) is 0 Å². The highest BCUT2D eigenvalue weighted by Gasteiger charge is 2.23. The average molecular weight is 446 g/mol. The molecule has 3 aromatic carbocycles. The zero-order chi connectivity index (χ0) is 22.9. The predicted octanol–water partition coefficient (Wildman–Crippen LogP) is 4.81. The summed E-state index contributed by atoms with van der Waals surface area (Å²) >= 11 is 5.40. The number of hydrogen-bond acceptors (Lipinski definition) is 3. The molecule has 0 saturated heterocycles. The van der Waals surface area contributed by atoms with Crippen molar-refractivity contribution >= 4 is 34.8 Å². The number of thiocarbonyl (C=S) groups is 1. The van der Waals surface area contributed by atoms with E-state index in [0.717, 1.165) is 11.1 Å². The molecule has 5 nitrogen and oxygen atoms in total. The molecule has 0 bridgehead atoms. The number of nitrogens with one attached hydrogen (secondary N) is 2. The number of amides is 2. The standard InChI is InChI=1S/C26H27N3O2S/c1-3-29(4-2)25(31)21-16-11-17-22(18-21)27-26(32)28-24(30)23(19-12-7-5-8-13-19)20-14-9-6-10-15-20/h5-18,23H,3-4H2,1-2H3,(H2,27,28,30,32). The zero-order valence-corrected chi connectivity index (χ0v) is 19.1. The van der Waals surface area contributed by atoms with Crippen molar-refractivity contribution < 1.29 is 9.59 Å². The average Bonchev–Trinajstić information content (AvgIpc) is 2.81. The van der Waals surface area contributed by atoms with Gasteiger partial charge in [-0.2, -0.15) is 0 Å². The van der Waals surface area contributed by atoms with Crippen LogP contribution in [-0.4, -0.2) is 34.9 Å². The fourth-order valence-electron chi connectivity index (χ4n) is 3.56. The molecule has 0 aliphatic heterocycles. The maximum Gasteiger partial charge on any atom is 0.253 e. The van der Waals surface area contributed by atoms with Crippen molar-refractivity contribution in [2.75, 3.05) is 18.4 Å². The third kappa shape index (κ3) is 5.80. The largest absolute Gasteiger partial charge is 0.339 e. The molecule has 0 atom stereocenters. The zero-order valence-electron chi connectivity index (χ0n) is 18.2. The lowest BCUT2D eigenvalue weighted by molar-refractivity contribution is -0.120. The monoisotopic (exact) mass is 445 g/mol. The van der Waals surface area contributed by atoms with Gasteiger partial charge in [0.05, 0.1) is 5.92 Å². The van der Waals surface area contributed by atoms with E-state index in [1.807, 2.05) is 80.6 Å². The molecule has 3 aromatic rings. The molecule has 0 aromatic heterocycles. The quantitative estimate of drug-likeness (QED) is 0.512. The molecule has 2 amide bonds. The van der Waals surface area contributed by atoms with E-state index in [9.17, 15) is 9.59 Å². The highest BCUT2D eigenvalue weighted by Crippen LogP contribution is 2.24. The van der Waals surface area contributed by atoms with Gasteiger partial charge in [0.15, 0.2) is 5.11 Å². The Hall–Kier alpha value is -3.51. The summed E-state index contributed by atoms with van der Waals surface area (Å²) in [6.45, 7) is 5.18. The van der Waals surface area contributed by atoms with Crippen molar-refractivity contribution in [1.82, 2.24) is 10.2 Å². The molecule has 0 spiro atoms. The fraction of sp³-hybridized carbons (Fsp3) is 0.192. The maximum atomic E-state index is 13.2. The van der Waals surface area contributed by atoms with Crippen LogP contribution in [0.3, 0.4) is 0 Å². The Labute approximate surface area is 194 Å². The molecule has 2 N–H and O–H groups in total. The lowest BCUT2D eigenvalue weighted by atomic mass is 9.90. The van der Waals surface area contributed by atoms with E-state index in [0.29, 0.717) is 24.3 Å². The van der Waals surface area contributed by atoms with Gasteiger partial charge in [-0.3, -0.25) is 9.59 Å². The first-order valence-corrected chi connectivity index (χ1v) is 11.0. The van der Waals surface area contributed by atoms with Gasteiger partial charge in [-0.05, 0) is 55.4 Å². The second-order valence-electron chi connectivity index (χ2n) is 7.26. The van der Waals surface area contributed by atoms with Crippen LogP contribution >= 0.6 is 12.2 Å². The number of hydrogen-bond donors (Lipinski definition) is 2. The molecule has 32 heavy (non-hydrogen) atoms. The van der Waals surface area contributed by atoms with Gasteiger partial charge in [0, 0.05) is 24.3 Å². The minimum absolute atomic E-state index is 0.0400. The maximum absolute atomic E-state index is 13.2. The van der Waals surface area contributed by atoms with Gasteiger partial charge in [0.1, 0.15) is 0 Å². The first kappa shape index (κ1) is 23.2. The fourth-order valence-corrected chi connectivity index (χ4v) is 3.77. The summed E-state index contributed by atoms with van der Waals surface area (Å²) in [5, 5.41) is 6.01. The number of benzene rings is 3. The van der Waals surface area contributed by atoms with Crippen LogP contribution in [-0.2, 0) is 4.79 Å². The number of nitrogens with zero attached hydrogens (tertiary/aromatic N) is 1. The van der Waals surface area contributed by atoms with Crippen molar-refractivity contribution in [2.45, 2.75) is 19.8 Å². The summed E-state index contributed by atoms with van der Waals surface area (Å²) in [6, 6.07) is 26.3. The van der Waals surface area contributed by atoms with Crippen LogP contribution in [0.4, 0.5) is 5.69 Å². The SMILES string of the molecule is CCN(CC)C(=O)c1cccc(NC(=S)NC(=O)C(c2ccccc2)c2ccccc2)c1. The van der Waals surface area contributed by atoms with Crippen molar-refractivity contribution in [3.63, 3.8) is 0 Å². The first-order chi connectivity index (χ1) is 15.5. The van der Waals surface area contributed by atoms with Gasteiger partial charge >= 0.3 is 0 Å². The van der Waals surface area contributed by atoms with Crippen LogP contribution in [0.1, 0.15) is 41.3 Å². The first-order valence-electron chi connectivity index (χ1n) is 10.6. The smallest absolute Gasteiger partial charge is 0.253 e. The van der Waals surface area contributed by atoms with E-state index in [2.05, 4.69) is 10.6 Å². The molecule has 164 valence electrons. The van der Waals surface area contributed by atoms with E-state index < -0.39 is 5.92 Å². The minimum atomic E-state index is -0.493. The molecule has 0 saturated carbocycles. The normalized spacial score (nSPS) is 10.5. The molecular weight excluding hydrogens is 418 g/mol. The Morgan fingerprint density at radius 1 is 0.844 bits per heavy atom. The predicted molar refractivity (Wildman–Crippen MR) is 133 cm³/mol. The Morgan fingerprint density at radius 2 is 1.41 bits per heavy atom. The summed E-state index contributed by atoms with van der Waals surface area (Å²) in [6.07, 6.45) is 0. The number of anilines is 1. The molecule has 0 aliphatic carbocycles. The molecule has 0 unspecified atom stereocenters. The molecule has 3 rings (SSSR count). The Bertz CT molecular complexity index is 1030. The van der Waals surface area contributed by atoms with Crippen molar-refractivity contribution in [3.8, 4) is 0 Å². The van der Waals surface area contributed by atoms with Gasteiger partial charge in [0.2, 0.25) is 5.91 Å². The Balaban J connectivity index is 1.74. The van der Waals surface area contributed by atoms with E-state index in [4.69, 9.17) is 12.2 Å². The highest BCUT2D eigenvalue weighted by atomic mass is 32.1. The van der Waals surface area contributed by atoms with Crippen molar-refractivity contribution in [2.24, 2.45) is 0 Å². The molecule has 0 radical (unpaired) electrons. The van der Waals surface area contributed by atoms with Gasteiger partial charge in [0.25, 0.3) is 5.91 Å². The summed E-state index contributed by atoms with van der Waals surface area (Å²) in [7, 11) is 0. The molecule has 6 heteroatoms. The summed E-state index contributed by atoms with van der Waals surface area (Å²) in [4.78, 5) is 27.6. The van der Waals surface area contributed by atoms with Gasteiger partial charge in [-0.1, -0.05) is 66.7 Å². The summed E-state index contributed by atoms with van der Waals surface area (Å²) in [5.41, 5.74) is 2.97. The lowest BCUT2D eigenvalue weighted by Gasteiger charge is -2.20. The van der Waals surface area contributed by atoms with Crippen LogP contribution in [0.25, 0.3) is 0 Å². The Kier molecular flexibility index (Phi) is 8.11.